The number of aromatic carboxylic acids is 1. The Bertz CT molecular complexity index is 538. The molecule has 0 aromatic heterocycles. The SMILES string of the molecule is O=C(O)c1ccc(-c2c(O)cccc2O)cc1. The zero-order chi connectivity index (χ0) is 12.4. The highest BCUT2D eigenvalue weighted by molar-refractivity contribution is 5.88. The third kappa shape index (κ3) is 2.06. The van der Waals surface area contributed by atoms with Gasteiger partial charge in [0.1, 0.15) is 11.5 Å². The minimum Gasteiger partial charge on any atom is -0.507 e. The van der Waals surface area contributed by atoms with E-state index in [1.54, 1.807) is 0 Å². The number of phenolic OH excluding ortho intramolecular Hbond substituents is 2. The standard InChI is InChI=1S/C13H10O4/c14-10-2-1-3-11(15)12(10)8-4-6-9(7-5-8)13(16)17/h1-7,14-15H,(H,16,17). The zero-order valence-electron chi connectivity index (χ0n) is 8.79. The summed E-state index contributed by atoms with van der Waals surface area (Å²) in [6.07, 6.45) is 0. The molecule has 2 aromatic carbocycles. The van der Waals surface area contributed by atoms with Gasteiger partial charge in [0.05, 0.1) is 11.1 Å². The molecule has 0 spiro atoms. The molecular weight excluding hydrogens is 220 g/mol. The fourth-order valence-electron chi connectivity index (χ4n) is 1.60. The van der Waals surface area contributed by atoms with Crippen molar-refractivity contribution in [1.29, 1.82) is 0 Å². The summed E-state index contributed by atoms with van der Waals surface area (Å²) in [7, 11) is 0. The van der Waals surface area contributed by atoms with Crippen LogP contribution in [0.1, 0.15) is 10.4 Å². The second-order valence-electron chi connectivity index (χ2n) is 3.55. The van der Waals surface area contributed by atoms with Crippen molar-refractivity contribution in [2.24, 2.45) is 0 Å². The quantitative estimate of drug-likeness (QED) is 0.740. The van der Waals surface area contributed by atoms with Crippen LogP contribution >= 0.6 is 0 Å². The van der Waals surface area contributed by atoms with Crippen molar-refractivity contribution in [3.05, 3.63) is 48.0 Å². The molecule has 0 amide bonds. The molecule has 0 aliphatic rings. The highest BCUT2D eigenvalue weighted by Crippen LogP contribution is 2.36. The molecule has 86 valence electrons. The first-order valence-corrected chi connectivity index (χ1v) is 4.94. The predicted molar refractivity (Wildman–Crippen MR) is 62.2 cm³/mol. The molecule has 0 radical (unpaired) electrons. The third-order valence-corrected chi connectivity index (χ3v) is 2.44. The van der Waals surface area contributed by atoms with Gasteiger partial charge in [0.2, 0.25) is 0 Å². The highest BCUT2D eigenvalue weighted by Gasteiger charge is 2.10. The van der Waals surface area contributed by atoms with Gasteiger partial charge in [-0.15, -0.1) is 0 Å². The number of carbonyl (C=O) groups is 1. The molecular formula is C13H10O4. The van der Waals surface area contributed by atoms with Crippen LogP contribution in [-0.4, -0.2) is 21.3 Å². The summed E-state index contributed by atoms with van der Waals surface area (Å²) in [4.78, 5) is 10.7. The second-order valence-corrected chi connectivity index (χ2v) is 3.55. The third-order valence-electron chi connectivity index (χ3n) is 2.44. The molecule has 0 aliphatic carbocycles. The van der Waals surface area contributed by atoms with Crippen molar-refractivity contribution >= 4 is 5.97 Å². The molecule has 0 fully saturated rings. The Labute approximate surface area is 97.4 Å². The number of aromatic hydroxyl groups is 2. The van der Waals surface area contributed by atoms with Gasteiger partial charge in [-0.3, -0.25) is 0 Å². The fraction of sp³-hybridized carbons (Fsp3) is 0. The van der Waals surface area contributed by atoms with E-state index in [2.05, 4.69) is 0 Å². The number of carboxylic acids is 1. The summed E-state index contributed by atoms with van der Waals surface area (Å²) >= 11 is 0. The maximum atomic E-state index is 10.7. The molecule has 4 nitrogen and oxygen atoms in total. The van der Waals surface area contributed by atoms with E-state index in [1.165, 1.54) is 42.5 Å². The van der Waals surface area contributed by atoms with E-state index in [9.17, 15) is 15.0 Å². The van der Waals surface area contributed by atoms with Crippen LogP contribution in [0.3, 0.4) is 0 Å². The molecule has 2 rings (SSSR count). The Morgan fingerprint density at radius 3 is 1.88 bits per heavy atom. The van der Waals surface area contributed by atoms with Crippen LogP contribution in [0, 0.1) is 0 Å². The monoisotopic (exact) mass is 230 g/mol. The van der Waals surface area contributed by atoms with E-state index in [0.29, 0.717) is 11.1 Å². The van der Waals surface area contributed by atoms with Crippen molar-refractivity contribution < 1.29 is 20.1 Å². The van der Waals surface area contributed by atoms with E-state index in [1.807, 2.05) is 0 Å². The number of benzene rings is 2. The highest BCUT2D eigenvalue weighted by atomic mass is 16.4. The van der Waals surface area contributed by atoms with Crippen LogP contribution in [0.15, 0.2) is 42.5 Å². The lowest BCUT2D eigenvalue weighted by molar-refractivity contribution is 0.0697. The molecule has 0 saturated heterocycles. The van der Waals surface area contributed by atoms with Gasteiger partial charge < -0.3 is 15.3 Å². The van der Waals surface area contributed by atoms with Gasteiger partial charge in [-0.2, -0.15) is 0 Å². The summed E-state index contributed by atoms with van der Waals surface area (Å²) in [6.45, 7) is 0. The maximum Gasteiger partial charge on any atom is 0.335 e. The van der Waals surface area contributed by atoms with Crippen molar-refractivity contribution in [1.82, 2.24) is 0 Å². The lowest BCUT2D eigenvalue weighted by Crippen LogP contribution is -1.95. The lowest BCUT2D eigenvalue weighted by atomic mass is 10.0. The summed E-state index contributed by atoms with van der Waals surface area (Å²) < 4.78 is 0. The normalized spacial score (nSPS) is 10.1. The van der Waals surface area contributed by atoms with Crippen LogP contribution in [0.5, 0.6) is 11.5 Å². The number of hydrogen-bond acceptors (Lipinski definition) is 3. The van der Waals surface area contributed by atoms with E-state index < -0.39 is 5.97 Å². The van der Waals surface area contributed by atoms with E-state index in [-0.39, 0.29) is 17.1 Å². The first-order chi connectivity index (χ1) is 8.09. The van der Waals surface area contributed by atoms with Crippen molar-refractivity contribution in [2.75, 3.05) is 0 Å². The molecule has 17 heavy (non-hydrogen) atoms. The molecule has 0 aliphatic heterocycles. The van der Waals surface area contributed by atoms with Crippen LogP contribution < -0.4 is 0 Å². The van der Waals surface area contributed by atoms with Gasteiger partial charge in [-0.25, -0.2) is 4.79 Å². The first kappa shape index (κ1) is 11.0. The van der Waals surface area contributed by atoms with Gasteiger partial charge in [-0.05, 0) is 29.8 Å². The number of hydrogen-bond donors (Lipinski definition) is 3. The van der Waals surface area contributed by atoms with E-state index in [4.69, 9.17) is 5.11 Å². The summed E-state index contributed by atoms with van der Waals surface area (Å²) in [5.74, 6) is -1.11. The Kier molecular flexibility index (Phi) is 2.70. The van der Waals surface area contributed by atoms with Gasteiger partial charge in [-0.1, -0.05) is 18.2 Å². The van der Waals surface area contributed by atoms with E-state index >= 15 is 0 Å². The number of phenols is 2. The average molecular weight is 230 g/mol. The smallest absolute Gasteiger partial charge is 0.335 e. The van der Waals surface area contributed by atoms with Crippen LogP contribution in [0.2, 0.25) is 0 Å². The van der Waals surface area contributed by atoms with Crippen LogP contribution in [-0.2, 0) is 0 Å². The van der Waals surface area contributed by atoms with Crippen LogP contribution in [0.4, 0.5) is 0 Å². The molecule has 2 aromatic rings. The first-order valence-electron chi connectivity index (χ1n) is 4.94. The van der Waals surface area contributed by atoms with E-state index in [0.717, 1.165) is 0 Å². The Balaban J connectivity index is 2.50. The topological polar surface area (TPSA) is 77.8 Å². The molecule has 0 bridgehead atoms. The summed E-state index contributed by atoms with van der Waals surface area (Å²) in [6, 6.07) is 10.4. The van der Waals surface area contributed by atoms with Crippen molar-refractivity contribution in [3.8, 4) is 22.6 Å². The summed E-state index contributed by atoms with van der Waals surface area (Å²) in [5.41, 5.74) is 1.01. The molecule has 0 atom stereocenters. The van der Waals surface area contributed by atoms with Gasteiger partial charge in [0, 0.05) is 0 Å². The zero-order valence-corrected chi connectivity index (χ0v) is 8.79. The Morgan fingerprint density at radius 2 is 1.41 bits per heavy atom. The number of rotatable bonds is 2. The summed E-state index contributed by atoms with van der Waals surface area (Å²) in [5, 5.41) is 28.1. The molecule has 0 heterocycles. The molecule has 0 saturated carbocycles. The lowest BCUT2D eigenvalue weighted by Gasteiger charge is -2.07. The van der Waals surface area contributed by atoms with Gasteiger partial charge >= 0.3 is 5.97 Å². The van der Waals surface area contributed by atoms with Gasteiger partial charge in [0.15, 0.2) is 0 Å². The average Bonchev–Trinajstić information content (AvgIpc) is 2.29. The maximum absolute atomic E-state index is 10.7. The van der Waals surface area contributed by atoms with Crippen molar-refractivity contribution in [2.45, 2.75) is 0 Å². The predicted octanol–water partition coefficient (Wildman–Crippen LogP) is 2.46. The molecule has 3 N–H and O–H groups in total. The van der Waals surface area contributed by atoms with Crippen molar-refractivity contribution in [3.63, 3.8) is 0 Å². The molecule has 0 unspecified atom stereocenters. The Morgan fingerprint density at radius 1 is 0.882 bits per heavy atom. The number of carboxylic acid groups (broad SMARTS) is 1. The largest absolute Gasteiger partial charge is 0.507 e. The van der Waals surface area contributed by atoms with Gasteiger partial charge in [0.25, 0.3) is 0 Å². The fourth-order valence-corrected chi connectivity index (χ4v) is 1.60. The second kappa shape index (κ2) is 4.17. The Hall–Kier alpha value is -2.49. The minimum absolute atomic E-state index is 0.0481. The molecule has 4 heteroatoms. The van der Waals surface area contributed by atoms with Crippen LogP contribution in [0.25, 0.3) is 11.1 Å². The minimum atomic E-state index is -1.02.